The summed E-state index contributed by atoms with van der Waals surface area (Å²) in [7, 11) is 0. The van der Waals surface area contributed by atoms with Gasteiger partial charge in [0.2, 0.25) is 0 Å². The predicted octanol–water partition coefficient (Wildman–Crippen LogP) is 12.9. The summed E-state index contributed by atoms with van der Waals surface area (Å²) in [6.45, 7) is 0. The summed E-state index contributed by atoms with van der Waals surface area (Å²) in [5.41, 5.74) is 9.84. The second-order valence-electron chi connectivity index (χ2n) is 13.4. The molecule has 3 heteroatoms. The van der Waals surface area contributed by atoms with Crippen LogP contribution in [0.3, 0.4) is 0 Å². The fourth-order valence-corrected chi connectivity index (χ4v) is 8.36. The van der Waals surface area contributed by atoms with Crippen molar-refractivity contribution in [2.24, 2.45) is 0 Å². The van der Waals surface area contributed by atoms with Crippen molar-refractivity contribution in [1.82, 2.24) is 4.98 Å². The zero-order valence-electron chi connectivity index (χ0n) is 27.3. The molecular weight excluding hydrogens is 621 g/mol. The van der Waals surface area contributed by atoms with Crippen molar-refractivity contribution in [3.63, 3.8) is 0 Å². The van der Waals surface area contributed by atoms with E-state index in [-0.39, 0.29) is 0 Å². The van der Waals surface area contributed by atoms with Crippen LogP contribution >= 0.6 is 0 Å². The van der Waals surface area contributed by atoms with E-state index in [9.17, 15) is 5.26 Å². The SMILES string of the molecule is N#Cc1ccc2c(c1)Oc1ccc(-c3ccc4cc(-c5ccc6ccc7c(-c8cccnc8)ccc8ccc5c6c87)ccc4c3)c3cccc-2c13. The van der Waals surface area contributed by atoms with Gasteiger partial charge in [0.25, 0.3) is 0 Å². The van der Waals surface area contributed by atoms with Crippen LogP contribution in [-0.2, 0) is 0 Å². The lowest BCUT2D eigenvalue weighted by Crippen LogP contribution is -1.98. The van der Waals surface area contributed by atoms with Crippen LogP contribution in [0.1, 0.15) is 5.56 Å². The number of nitrogens with zero attached hydrogens (tertiary/aromatic N) is 2. The number of aromatic nitrogens is 1. The molecule has 0 N–H and O–H groups in total. The van der Waals surface area contributed by atoms with E-state index in [0.29, 0.717) is 5.56 Å². The van der Waals surface area contributed by atoms with Crippen LogP contribution in [0.15, 0.2) is 158 Å². The molecule has 51 heavy (non-hydrogen) atoms. The minimum absolute atomic E-state index is 0.592. The number of ether oxygens (including phenoxy) is 1. The predicted molar refractivity (Wildman–Crippen MR) is 209 cm³/mol. The van der Waals surface area contributed by atoms with Crippen LogP contribution in [-0.4, -0.2) is 4.98 Å². The fraction of sp³-hybridized carbons (Fsp3) is 0. The maximum atomic E-state index is 9.43. The fourth-order valence-electron chi connectivity index (χ4n) is 8.36. The van der Waals surface area contributed by atoms with Crippen LogP contribution in [0.2, 0.25) is 0 Å². The first-order chi connectivity index (χ1) is 25.2. The van der Waals surface area contributed by atoms with E-state index in [1.54, 1.807) is 0 Å². The summed E-state index contributed by atoms with van der Waals surface area (Å²) in [5, 5.41) is 21.7. The Morgan fingerprint density at radius 2 is 1.04 bits per heavy atom. The number of pyridine rings is 1. The molecule has 1 aliphatic rings. The van der Waals surface area contributed by atoms with Gasteiger partial charge in [-0.1, -0.05) is 103 Å². The molecule has 0 aliphatic carbocycles. The van der Waals surface area contributed by atoms with Gasteiger partial charge < -0.3 is 4.74 Å². The topological polar surface area (TPSA) is 45.9 Å². The highest BCUT2D eigenvalue weighted by atomic mass is 16.5. The molecule has 0 bridgehead atoms. The third-order valence-electron chi connectivity index (χ3n) is 10.7. The first kappa shape index (κ1) is 27.9. The Morgan fingerprint density at radius 3 is 1.71 bits per heavy atom. The smallest absolute Gasteiger partial charge is 0.136 e. The van der Waals surface area contributed by atoms with Gasteiger partial charge in [-0.25, -0.2) is 0 Å². The van der Waals surface area contributed by atoms with E-state index < -0.39 is 0 Å². The molecule has 2 heterocycles. The Balaban J connectivity index is 1.03. The van der Waals surface area contributed by atoms with E-state index in [2.05, 4.69) is 132 Å². The highest BCUT2D eigenvalue weighted by molar-refractivity contribution is 6.27. The molecule has 0 saturated heterocycles. The molecule has 10 aromatic rings. The van der Waals surface area contributed by atoms with E-state index >= 15 is 0 Å². The second-order valence-corrected chi connectivity index (χ2v) is 13.4. The molecule has 0 unspecified atom stereocenters. The quantitative estimate of drug-likeness (QED) is 0.179. The van der Waals surface area contributed by atoms with Gasteiger partial charge in [0.15, 0.2) is 0 Å². The minimum Gasteiger partial charge on any atom is -0.456 e. The normalized spacial score (nSPS) is 12.1. The standard InChI is InChI=1S/C48H26N2O/c49-26-28-6-15-39-41-5-1-4-40-37(20-21-44(48(40)41)51-45(39)23-28)34-10-8-31-24-33(9-7-32(31)25-34)36-16-11-29-14-19-43-38(35-3-2-22-50-27-35)17-12-30-13-18-42(36)46(29)47(30)43/h1-25,27H. The summed E-state index contributed by atoms with van der Waals surface area (Å²) in [4.78, 5) is 4.40. The van der Waals surface area contributed by atoms with Gasteiger partial charge in [0.1, 0.15) is 11.5 Å². The number of hydrogen-bond acceptors (Lipinski definition) is 3. The average Bonchev–Trinajstić information content (AvgIpc) is 3.19. The minimum atomic E-state index is 0.592. The Labute approximate surface area is 293 Å². The molecule has 1 aliphatic heterocycles. The van der Waals surface area contributed by atoms with Crippen molar-refractivity contribution in [3.05, 3.63) is 164 Å². The zero-order chi connectivity index (χ0) is 33.6. The first-order valence-electron chi connectivity index (χ1n) is 17.2. The van der Waals surface area contributed by atoms with Crippen LogP contribution in [0, 0.1) is 11.3 Å². The molecular formula is C48H26N2O. The third-order valence-corrected chi connectivity index (χ3v) is 10.7. The first-order valence-corrected chi connectivity index (χ1v) is 17.2. The van der Waals surface area contributed by atoms with Gasteiger partial charge in [-0.05, 0) is 124 Å². The van der Waals surface area contributed by atoms with Crippen LogP contribution in [0.25, 0.3) is 98.4 Å². The van der Waals surface area contributed by atoms with Gasteiger partial charge in [0, 0.05) is 28.9 Å². The highest BCUT2D eigenvalue weighted by Crippen LogP contribution is 2.49. The van der Waals surface area contributed by atoms with Crippen molar-refractivity contribution < 1.29 is 4.74 Å². The molecule has 0 spiro atoms. The van der Waals surface area contributed by atoms with Gasteiger partial charge in [0.05, 0.1) is 11.6 Å². The lowest BCUT2D eigenvalue weighted by Gasteiger charge is -2.22. The number of hydrogen-bond donors (Lipinski definition) is 0. The van der Waals surface area contributed by atoms with Crippen molar-refractivity contribution >= 4 is 53.9 Å². The van der Waals surface area contributed by atoms with Crippen molar-refractivity contribution in [3.8, 4) is 62.1 Å². The monoisotopic (exact) mass is 646 g/mol. The third kappa shape index (κ3) is 4.08. The molecule has 3 nitrogen and oxygen atoms in total. The highest BCUT2D eigenvalue weighted by Gasteiger charge is 2.22. The largest absolute Gasteiger partial charge is 0.456 e. The van der Waals surface area contributed by atoms with Crippen molar-refractivity contribution in [1.29, 1.82) is 5.26 Å². The van der Waals surface area contributed by atoms with Gasteiger partial charge in [-0.2, -0.15) is 5.26 Å². The Hall–Kier alpha value is -7.02. The van der Waals surface area contributed by atoms with E-state index in [1.165, 1.54) is 65.3 Å². The Morgan fingerprint density at radius 1 is 0.431 bits per heavy atom. The van der Waals surface area contributed by atoms with Crippen LogP contribution in [0.5, 0.6) is 11.5 Å². The summed E-state index contributed by atoms with van der Waals surface area (Å²) in [6, 6.07) is 54.4. The number of benzene rings is 9. The lowest BCUT2D eigenvalue weighted by molar-refractivity contribution is 0.487. The van der Waals surface area contributed by atoms with Gasteiger partial charge in [-0.15, -0.1) is 0 Å². The Bertz CT molecular complexity index is 3120. The number of rotatable bonds is 3. The number of nitriles is 1. The molecule has 11 rings (SSSR count). The molecule has 0 radical (unpaired) electrons. The maximum Gasteiger partial charge on any atom is 0.136 e. The molecule has 0 atom stereocenters. The van der Waals surface area contributed by atoms with E-state index in [4.69, 9.17) is 4.74 Å². The van der Waals surface area contributed by atoms with E-state index in [0.717, 1.165) is 44.5 Å². The summed E-state index contributed by atoms with van der Waals surface area (Å²) < 4.78 is 6.35. The zero-order valence-corrected chi connectivity index (χ0v) is 27.3. The summed E-state index contributed by atoms with van der Waals surface area (Å²) in [5.74, 6) is 1.54. The molecule has 234 valence electrons. The van der Waals surface area contributed by atoms with Gasteiger partial charge in [-0.3, -0.25) is 4.98 Å². The molecule has 0 saturated carbocycles. The molecule has 1 aromatic heterocycles. The maximum absolute atomic E-state index is 9.43. The van der Waals surface area contributed by atoms with E-state index in [1.807, 2.05) is 36.7 Å². The van der Waals surface area contributed by atoms with Crippen molar-refractivity contribution in [2.45, 2.75) is 0 Å². The summed E-state index contributed by atoms with van der Waals surface area (Å²) >= 11 is 0. The molecule has 0 amide bonds. The van der Waals surface area contributed by atoms with Crippen molar-refractivity contribution in [2.75, 3.05) is 0 Å². The molecule has 0 fully saturated rings. The summed E-state index contributed by atoms with van der Waals surface area (Å²) in [6.07, 6.45) is 3.78. The second kappa shape index (κ2) is 10.5. The Kier molecular flexibility index (Phi) is 5.73. The lowest BCUT2D eigenvalue weighted by atomic mass is 9.87. The molecule has 9 aromatic carbocycles. The van der Waals surface area contributed by atoms with Crippen LogP contribution in [0.4, 0.5) is 0 Å². The number of fused-ring (bicyclic) bond motifs is 3. The average molecular weight is 647 g/mol. The van der Waals surface area contributed by atoms with Crippen LogP contribution < -0.4 is 4.74 Å². The van der Waals surface area contributed by atoms with Gasteiger partial charge >= 0.3 is 0 Å².